The van der Waals surface area contributed by atoms with E-state index in [1.807, 2.05) is 0 Å². The Hall–Kier alpha value is -2.83. The molecule has 126 valence electrons. The summed E-state index contributed by atoms with van der Waals surface area (Å²) in [5.41, 5.74) is 0.199. The standard InChI is InChI=1S/C17H17F2N3O2/c1-2-14(17(24)22-15-5-3-4-6-20-15)21-16(23)9-11-7-12(18)10-13(19)8-11/h3-8,10,14H,2,9H2,1H3,(H,21,23)(H,20,22,24). The van der Waals surface area contributed by atoms with Crippen molar-refractivity contribution in [2.45, 2.75) is 25.8 Å². The average molecular weight is 333 g/mol. The van der Waals surface area contributed by atoms with E-state index in [9.17, 15) is 18.4 Å². The Labute approximate surface area is 138 Å². The van der Waals surface area contributed by atoms with Crippen molar-refractivity contribution in [1.82, 2.24) is 10.3 Å². The molecule has 0 bridgehead atoms. The molecule has 0 radical (unpaired) electrons. The molecule has 5 nitrogen and oxygen atoms in total. The van der Waals surface area contributed by atoms with Gasteiger partial charge in [0.15, 0.2) is 0 Å². The molecule has 0 saturated carbocycles. The van der Waals surface area contributed by atoms with Gasteiger partial charge in [0.05, 0.1) is 6.42 Å². The summed E-state index contributed by atoms with van der Waals surface area (Å²) < 4.78 is 26.3. The van der Waals surface area contributed by atoms with Crippen LogP contribution in [-0.4, -0.2) is 22.8 Å². The lowest BCUT2D eigenvalue weighted by Gasteiger charge is -2.16. The second-order valence-corrected chi connectivity index (χ2v) is 5.19. The Bertz CT molecular complexity index is 703. The normalized spacial score (nSPS) is 11.6. The Kier molecular flexibility index (Phi) is 5.95. The smallest absolute Gasteiger partial charge is 0.248 e. The van der Waals surface area contributed by atoms with Crippen molar-refractivity contribution < 1.29 is 18.4 Å². The third kappa shape index (κ3) is 5.12. The topological polar surface area (TPSA) is 71.1 Å². The van der Waals surface area contributed by atoms with Crippen LogP contribution >= 0.6 is 0 Å². The Morgan fingerprint density at radius 2 is 1.88 bits per heavy atom. The maximum Gasteiger partial charge on any atom is 0.248 e. The molecule has 0 aliphatic heterocycles. The van der Waals surface area contributed by atoms with Crippen LogP contribution in [0, 0.1) is 11.6 Å². The van der Waals surface area contributed by atoms with Gasteiger partial charge in [0.1, 0.15) is 23.5 Å². The molecule has 1 unspecified atom stereocenters. The van der Waals surface area contributed by atoms with Gasteiger partial charge in [0.25, 0.3) is 0 Å². The van der Waals surface area contributed by atoms with E-state index < -0.39 is 29.5 Å². The molecule has 2 rings (SSSR count). The van der Waals surface area contributed by atoms with Crippen molar-refractivity contribution in [2.24, 2.45) is 0 Å². The number of hydrogen-bond acceptors (Lipinski definition) is 3. The zero-order chi connectivity index (χ0) is 17.5. The van der Waals surface area contributed by atoms with Gasteiger partial charge in [-0.15, -0.1) is 0 Å². The summed E-state index contributed by atoms with van der Waals surface area (Å²) in [5.74, 6) is -2.03. The fourth-order valence-corrected chi connectivity index (χ4v) is 2.15. The van der Waals surface area contributed by atoms with Crippen LogP contribution in [0.5, 0.6) is 0 Å². The molecular weight excluding hydrogens is 316 g/mol. The zero-order valence-corrected chi connectivity index (χ0v) is 13.1. The number of amides is 2. The lowest BCUT2D eigenvalue weighted by molar-refractivity contribution is -0.126. The van der Waals surface area contributed by atoms with E-state index in [0.29, 0.717) is 12.2 Å². The van der Waals surface area contributed by atoms with Gasteiger partial charge in [-0.3, -0.25) is 9.59 Å². The van der Waals surface area contributed by atoms with Crippen LogP contribution in [0.15, 0.2) is 42.6 Å². The zero-order valence-electron chi connectivity index (χ0n) is 13.1. The summed E-state index contributed by atoms with van der Waals surface area (Å²) in [4.78, 5) is 28.1. The molecule has 2 aromatic rings. The Morgan fingerprint density at radius 3 is 2.46 bits per heavy atom. The number of carbonyl (C=O) groups is 2. The first-order valence-corrected chi connectivity index (χ1v) is 7.44. The Morgan fingerprint density at radius 1 is 1.17 bits per heavy atom. The first-order chi connectivity index (χ1) is 11.5. The molecule has 0 aliphatic rings. The number of hydrogen-bond donors (Lipinski definition) is 2. The lowest BCUT2D eigenvalue weighted by Crippen LogP contribution is -2.44. The van der Waals surface area contributed by atoms with E-state index in [1.165, 1.54) is 6.20 Å². The van der Waals surface area contributed by atoms with Crippen LogP contribution < -0.4 is 10.6 Å². The van der Waals surface area contributed by atoms with E-state index in [1.54, 1.807) is 25.1 Å². The first-order valence-electron chi connectivity index (χ1n) is 7.44. The summed E-state index contributed by atoms with van der Waals surface area (Å²) in [5, 5.41) is 5.15. The molecule has 0 fully saturated rings. The van der Waals surface area contributed by atoms with Gasteiger partial charge >= 0.3 is 0 Å². The van der Waals surface area contributed by atoms with Gasteiger partial charge in [-0.05, 0) is 36.2 Å². The average Bonchev–Trinajstić information content (AvgIpc) is 2.52. The summed E-state index contributed by atoms with van der Waals surface area (Å²) in [6.45, 7) is 1.74. The van der Waals surface area contributed by atoms with E-state index in [2.05, 4.69) is 15.6 Å². The van der Waals surface area contributed by atoms with Gasteiger partial charge in [0.2, 0.25) is 11.8 Å². The Balaban J connectivity index is 1.96. The largest absolute Gasteiger partial charge is 0.344 e. The van der Waals surface area contributed by atoms with Crippen molar-refractivity contribution in [3.05, 3.63) is 59.8 Å². The number of pyridine rings is 1. The fourth-order valence-electron chi connectivity index (χ4n) is 2.15. The van der Waals surface area contributed by atoms with Crippen LogP contribution in [0.3, 0.4) is 0 Å². The third-order valence-corrected chi connectivity index (χ3v) is 3.26. The summed E-state index contributed by atoms with van der Waals surface area (Å²) in [6.07, 6.45) is 1.68. The summed E-state index contributed by atoms with van der Waals surface area (Å²) in [6, 6.07) is 7.19. The van der Waals surface area contributed by atoms with Crippen molar-refractivity contribution in [1.29, 1.82) is 0 Å². The molecule has 1 atom stereocenters. The molecule has 0 saturated heterocycles. The molecule has 7 heteroatoms. The lowest BCUT2D eigenvalue weighted by atomic mass is 10.1. The minimum atomic E-state index is -0.766. The molecule has 1 aromatic heterocycles. The molecule has 2 amide bonds. The van der Waals surface area contributed by atoms with Crippen LogP contribution in [0.4, 0.5) is 14.6 Å². The van der Waals surface area contributed by atoms with Crippen LogP contribution in [0.25, 0.3) is 0 Å². The number of nitrogens with one attached hydrogen (secondary N) is 2. The van der Waals surface area contributed by atoms with Gasteiger partial charge in [-0.1, -0.05) is 13.0 Å². The minimum absolute atomic E-state index is 0.199. The highest BCUT2D eigenvalue weighted by molar-refractivity contribution is 5.96. The van der Waals surface area contributed by atoms with E-state index >= 15 is 0 Å². The highest BCUT2D eigenvalue weighted by atomic mass is 19.1. The van der Waals surface area contributed by atoms with Gasteiger partial charge < -0.3 is 10.6 Å². The molecule has 2 N–H and O–H groups in total. The minimum Gasteiger partial charge on any atom is -0.344 e. The van der Waals surface area contributed by atoms with Gasteiger partial charge in [-0.2, -0.15) is 0 Å². The molecule has 1 aromatic carbocycles. The maximum atomic E-state index is 13.1. The monoisotopic (exact) mass is 333 g/mol. The van der Waals surface area contributed by atoms with E-state index in [-0.39, 0.29) is 12.0 Å². The molecule has 1 heterocycles. The highest BCUT2D eigenvalue weighted by Crippen LogP contribution is 2.09. The van der Waals surface area contributed by atoms with Crippen LogP contribution in [-0.2, 0) is 16.0 Å². The number of carbonyl (C=O) groups excluding carboxylic acids is 2. The third-order valence-electron chi connectivity index (χ3n) is 3.26. The molecule has 24 heavy (non-hydrogen) atoms. The van der Waals surface area contributed by atoms with Gasteiger partial charge in [0, 0.05) is 12.3 Å². The SMILES string of the molecule is CCC(NC(=O)Cc1cc(F)cc(F)c1)C(=O)Nc1ccccn1. The van der Waals surface area contributed by atoms with E-state index in [4.69, 9.17) is 0 Å². The van der Waals surface area contributed by atoms with Crippen molar-refractivity contribution >= 4 is 17.6 Å². The highest BCUT2D eigenvalue weighted by Gasteiger charge is 2.19. The van der Waals surface area contributed by atoms with Crippen LogP contribution in [0.1, 0.15) is 18.9 Å². The number of anilines is 1. The second kappa shape index (κ2) is 8.14. The summed E-state index contributed by atoms with van der Waals surface area (Å²) >= 11 is 0. The predicted octanol–water partition coefficient (Wildman–Crippen LogP) is 2.44. The quantitative estimate of drug-likeness (QED) is 0.853. The predicted molar refractivity (Wildman–Crippen MR) is 85.2 cm³/mol. The van der Waals surface area contributed by atoms with Crippen molar-refractivity contribution in [2.75, 3.05) is 5.32 Å². The fraction of sp³-hybridized carbons (Fsp3) is 0.235. The maximum absolute atomic E-state index is 13.1. The molecule has 0 aliphatic carbocycles. The second-order valence-electron chi connectivity index (χ2n) is 5.19. The van der Waals surface area contributed by atoms with Crippen molar-refractivity contribution in [3.63, 3.8) is 0 Å². The number of aromatic nitrogens is 1. The number of benzene rings is 1. The van der Waals surface area contributed by atoms with Crippen molar-refractivity contribution in [3.8, 4) is 0 Å². The molecular formula is C17H17F2N3O2. The summed E-state index contributed by atoms with van der Waals surface area (Å²) in [7, 11) is 0. The first kappa shape index (κ1) is 17.5. The van der Waals surface area contributed by atoms with Gasteiger partial charge in [-0.25, -0.2) is 13.8 Å². The number of halogens is 2. The number of rotatable bonds is 6. The van der Waals surface area contributed by atoms with Crippen LogP contribution in [0.2, 0.25) is 0 Å². The van der Waals surface area contributed by atoms with E-state index in [0.717, 1.165) is 18.2 Å². The number of nitrogens with zero attached hydrogens (tertiary/aromatic N) is 1. The molecule has 0 spiro atoms.